The summed E-state index contributed by atoms with van der Waals surface area (Å²) in [6.45, 7) is 0. The molecule has 0 aromatic heterocycles. The van der Waals surface area contributed by atoms with Crippen molar-refractivity contribution in [3.8, 4) is 5.75 Å². The average Bonchev–Trinajstić information content (AvgIpc) is 2.85. The minimum Gasteiger partial charge on any atom is -0.495 e. The van der Waals surface area contributed by atoms with Crippen molar-refractivity contribution in [2.75, 3.05) is 17.3 Å². The maximum Gasteiger partial charge on any atom is 0.256 e. The summed E-state index contributed by atoms with van der Waals surface area (Å²) in [6.07, 6.45) is -0.0303. The number of hydrogen-bond acceptors (Lipinski definition) is 4. The molecular weight excluding hydrogens is 370 g/mol. The third kappa shape index (κ3) is 3.41. The SMILES string of the molecule is COc1ccc(N2C(=O)CC(Nc3ccc(F)c(Cl)c3)C2=O)cc1Cl. The van der Waals surface area contributed by atoms with Crippen LogP contribution in [0.15, 0.2) is 36.4 Å². The van der Waals surface area contributed by atoms with Gasteiger partial charge in [0.05, 0.1) is 29.3 Å². The lowest BCUT2D eigenvalue weighted by molar-refractivity contribution is -0.121. The van der Waals surface area contributed by atoms with Crippen molar-refractivity contribution in [1.29, 1.82) is 0 Å². The van der Waals surface area contributed by atoms with Crippen molar-refractivity contribution in [3.63, 3.8) is 0 Å². The summed E-state index contributed by atoms with van der Waals surface area (Å²) in [4.78, 5) is 25.9. The fourth-order valence-corrected chi connectivity index (χ4v) is 3.03. The lowest BCUT2D eigenvalue weighted by Gasteiger charge is -2.17. The number of halogens is 3. The first-order valence-corrected chi connectivity index (χ1v) is 8.08. The molecule has 0 bridgehead atoms. The molecule has 1 unspecified atom stereocenters. The van der Waals surface area contributed by atoms with Gasteiger partial charge in [0, 0.05) is 5.69 Å². The third-order valence-electron chi connectivity index (χ3n) is 3.80. The summed E-state index contributed by atoms with van der Waals surface area (Å²) in [5, 5.41) is 3.13. The zero-order chi connectivity index (χ0) is 18.1. The van der Waals surface area contributed by atoms with Gasteiger partial charge < -0.3 is 10.1 Å². The molecule has 1 fully saturated rings. The molecule has 5 nitrogen and oxygen atoms in total. The zero-order valence-electron chi connectivity index (χ0n) is 13.1. The first-order chi connectivity index (χ1) is 11.9. The van der Waals surface area contributed by atoms with Crippen molar-refractivity contribution in [2.24, 2.45) is 0 Å². The first-order valence-electron chi connectivity index (χ1n) is 7.32. The Labute approximate surface area is 153 Å². The molecule has 130 valence electrons. The molecule has 2 aromatic carbocycles. The van der Waals surface area contributed by atoms with Crippen LogP contribution in [0, 0.1) is 5.82 Å². The van der Waals surface area contributed by atoms with Gasteiger partial charge in [-0.05, 0) is 36.4 Å². The molecule has 2 aromatic rings. The van der Waals surface area contributed by atoms with E-state index in [2.05, 4.69) is 5.32 Å². The molecule has 8 heteroatoms. The predicted octanol–water partition coefficient (Wildman–Crippen LogP) is 3.89. The zero-order valence-corrected chi connectivity index (χ0v) is 14.6. The average molecular weight is 383 g/mol. The molecule has 25 heavy (non-hydrogen) atoms. The minimum absolute atomic E-state index is 0.0303. The number of nitrogens with one attached hydrogen (secondary N) is 1. The van der Waals surface area contributed by atoms with Crippen LogP contribution < -0.4 is 15.0 Å². The first kappa shape index (κ1) is 17.5. The smallest absolute Gasteiger partial charge is 0.256 e. The second-order valence-electron chi connectivity index (χ2n) is 5.42. The van der Waals surface area contributed by atoms with Crippen LogP contribution >= 0.6 is 23.2 Å². The van der Waals surface area contributed by atoms with Crippen molar-refractivity contribution >= 4 is 46.4 Å². The molecule has 1 aliphatic rings. The van der Waals surface area contributed by atoms with Gasteiger partial charge in [0.1, 0.15) is 17.6 Å². The van der Waals surface area contributed by atoms with Gasteiger partial charge in [0.15, 0.2) is 0 Å². The topological polar surface area (TPSA) is 58.6 Å². The van der Waals surface area contributed by atoms with Crippen molar-refractivity contribution in [2.45, 2.75) is 12.5 Å². The Bertz CT molecular complexity index is 860. The summed E-state index contributed by atoms with van der Waals surface area (Å²) >= 11 is 11.8. The van der Waals surface area contributed by atoms with Gasteiger partial charge in [-0.3, -0.25) is 9.59 Å². The molecule has 0 spiro atoms. The Morgan fingerprint density at radius 3 is 2.56 bits per heavy atom. The van der Waals surface area contributed by atoms with Gasteiger partial charge in [-0.15, -0.1) is 0 Å². The Balaban J connectivity index is 1.82. The fourth-order valence-electron chi connectivity index (χ4n) is 2.60. The molecule has 2 amide bonds. The summed E-state index contributed by atoms with van der Waals surface area (Å²) in [6, 6.07) is 7.89. The van der Waals surface area contributed by atoms with Gasteiger partial charge in [-0.2, -0.15) is 0 Å². The van der Waals surface area contributed by atoms with E-state index in [-0.39, 0.29) is 17.4 Å². The number of amides is 2. The highest BCUT2D eigenvalue weighted by molar-refractivity contribution is 6.33. The molecule has 1 aliphatic heterocycles. The van der Waals surface area contributed by atoms with Gasteiger partial charge in [0.2, 0.25) is 5.91 Å². The number of nitrogens with zero attached hydrogens (tertiary/aromatic N) is 1. The maximum absolute atomic E-state index is 13.2. The van der Waals surface area contributed by atoms with Gasteiger partial charge in [0.25, 0.3) is 5.91 Å². The Morgan fingerprint density at radius 1 is 1.16 bits per heavy atom. The van der Waals surface area contributed by atoms with Gasteiger partial charge >= 0.3 is 0 Å². The molecule has 3 rings (SSSR count). The number of carbonyl (C=O) groups is 2. The lowest BCUT2D eigenvalue weighted by atomic mass is 10.2. The largest absolute Gasteiger partial charge is 0.495 e. The Hall–Kier alpha value is -2.31. The van der Waals surface area contributed by atoms with Crippen LogP contribution in [0.2, 0.25) is 10.0 Å². The summed E-state index contributed by atoms with van der Waals surface area (Å²) in [5.41, 5.74) is 0.814. The summed E-state index contributed by atoms with van der Waals surface area (Å²) in [5.74, 6) is -0.903. The Morgan fingerprint density at radius 2 is 1.92 bits per heavy atom. The highest BCUT2D eigenvalue weighted by Gasteiger charge is 2.39. The standard InChI is InChI=1S/C17H13Cl2FN2O3/c1-25-15-5-3-10(7-12(15)19)22-16(23)8-14(17(22)24)21-9-2-4-13(20)11(18)6-9/h2-7,14,21H,8H2,1H3. The molecule has 0 saturated carbocycles. The van der Waals surface area contributed by atoms with Crippen LogP contribution in [0.5, 0.6) is 5.75 Å². The molecule has 1 N–H and O–H groups in total. The second kappa shape index (κ2) is 6.90. The molecule has 1 atom stereocenters. The molecule has 1 saturated heterocycles. The number of benzene rings is 2. The van der Waals surface area contributed by atoms with Gasteiger partial charge in [-0.25, -0.2) is 9.29 Å². The molecule has 0 radical (unpaired) electrons. The highest BCUT2D eigenvalue weighted by Crippen LogP contribution is 2.32. The maximum atomic E-state index is 13.2. The van der Waals surface area contributed by atoms with E-state index in [1.807, 2.05) is 0 Å². The van der Waals surface area contributed by atoms with E-state index in [1.54, 1.807) is 12.1 Å². The van der Waals surface area contributed by atoms with Crippen molar-refractivity contribution in [3.05, 3.63) is 52.3 Å². The number of imide groups is 1. The van der Waals surface area contributed by atoms with Crippen molar-refractivity contribution < 1.29 is 18.7 Å². The Kier molecular flexibility index (Phi) is 4.83. The van der Waals surface area contributed by atoms with Crippen LogP contribution in [0.1, 0.15) is 6.42 Å². The van der Waals surface area contributed by atoms with Gasteiger partial charge in [-0.1, -0.05) is 23.2 Å². The quantitative estimate of drug-likeness (QED) is 0.815. The predicted molar refractivity (Wildman–Crippen MR) is 93.9 cm³/mol. The fraction of sp³-hybridized carbons (Fsp3) is 0.176. The number of carbonyl (C=O) groups excluding carboxylic acids is 2. The number of anilines is 2. The van der Waals surface area contributed by atoms with E-state index < -0.39 is 17.8 Å². The molecule has 0 aliphatic carbocycles. The van der Waals surface area contributed by atoms with E-state index in [0.717, 1.165) is 4.90 Å². The van der Waals surface area contributed by atoms with E-state index in [0.29, 0.717) is 22.1 Å². The molecule has 1 heterocycles. The van der Waals surface area contributed by atoms with E-state index in [9.17, 15) is 14.0 Å². The monoisotopic (exact) mass is 382 g/mol. The van der Waals surface area contributed by atoms with Crippen LogP contribution in [0.25, 0.3) is 0 Å². The normalized spacial score (nSPS) is 17.1. The summed E-state index contributed by atoms with van der Waals surface area (Å²) < 4.78 is 18.3. The number of methoxy groups -OCH3 is 1. The highest BCUT2D eigenvalue weighted by atomic mass is 35.5. The van der Waals surface area contributed by atoms with E-state index in [1.165, 1.54) is 31.4 Å². The number of hydrogen-bond donors (Lipinski definition) is 1. The second-order valence-corrected chi connectivity index (χ2v) is 6.23. The number of rotatable bonds is 4. The van der Waals surface area contributed by atoms with E-state index in [4.69, 9.17) is 27.9 Å². The summed E-state index contributed by atoms with van der Waals surface area (Å²) in [7, 11) is 1.47. The number of ether oxygens (including phenoxy) is 1. The van der Waals surface area contributed by atoms with Crippen LogP contribution in [0.4, 0.5) is 15.8 Å². The molecular formula is C17H13Cl2FN2O3. The minimum atomic E-state index is -0.769. The van der Waals surface area contributed by atoms with Crippen molar-refractivity contribution in [1.82, 2.24) is 0 Å². The van der Waals surface area contributed by atoms with Crippen LogP contribution in [-0.4, -0.2) is 25.0 Å². The third-order valence-corrected chi connectivity index (χ3v) is 4.39. The lowest BCUT2D eigenvalue weighted by Crippen LogP contribution is -2.34. The van der Waals surface area contributed by atoms with Crippen LogP contribution in [0.3, 0.4) is 0 Å². The van der Waals surface area contributed by atoms with Crippen LogP contribution in [-0.2, 0) is 9.59 Å². The van der Waals surface area contributed by atoms with E-state index >= 15 is 0 Å².